The molecule has 2 aromatic heterocycles. The van der Waals surface area contributed by atoms with E-state index < -0.39 is 5.60 Å². The Hall–Kier alpha value is -3.02. The van der Waals surface area contributed by atoms with Crippen molar-refractivity contribution in [2.45, 2.75) is 25.9 Å². The summed E-state index contributed by atoms with van der Waals surface area (Å²) in [6.45, 7) is 4.02. The molecule has 1 N–H and O–H groups in total. The summed E-state index contributed by atoms with van der Waals surface area (Å²) in [7, 11) is 1.78. The van der Waals surface area contributed by atoms with Crippen LogP contribution in [-0.2, 0) is 6.42 Å². The number of rotatable bonds is 5. The van der Waals surface area contributed by atoms with Crippen molar-refractivity contribution in [3.8, 4) is 6.08 Å². The molecule has 0 amide bonds. The summed E-state index contributed by atoms with van der Waals surface area (Å²) in [6, 6.07) is 14.1. The molecule has 0 bridgehead atoms. The first-order chi connectivity index (χ1) is 12.0. The van der Waals surface area contributed by atoms with Gasteiger partial charge in [-0.15, -0.1) is 0 Å². The largest absolute Gasteiger partial charge is 0.444 e. The molecular formula is C19H19N3O3. The van der Waals surface area contributed by atoms with E-state index in [0.717, 1.165) is 27.8 Å². The van der Waals surface area contributed by atoms with Gasteiger partial charge in [-0.05, 0) is 43.7 Å². The summed E-state index contributed by atoms with van der Waals surface area (Å²) >= 11 is 0. The van der Waals surface area contributed by atoms with Crippen LogP contribution < -0.4 is 10.1 Å². The molecule has 0 aliphatic heterocycles. The number of hydrogen-bond donors (Lipinski definition) is 1. The molecule has 6 heteroatoms. The molecule has 25 heavy (non-hydrogen) atoms. The van der Waals surface area contributed by atoms with Crippen molar-refractivity contribution >= 4 is 28.2 Å². The average Bonchev–Trinajstić information content (AvgIpc) is 3.15. The van der Waals surface area contributed by atoms with Gasteiger partial charge in [0.25, 0.3) is 6.01 Å². The first-order valence-corrected chi connectivity index (χ1v) is 8.14. The highest BCUT2D eigenvalue weighted by Gasteiger charge is 2.24. The minimum atomic E-state index is -0.482. The number of nitrogens with one attached hydrogen (secondary N) is 1. The summed E-state index contributed by atoms with van der Waals surface area (Å²) < 4.78 is 17.2. The van der Waals surface area contributed by atoms with E-state index in [0.29, 0.717) is 12.4 Å². The van der Waals surface area contributed by atoms with E-state index in [2.05, 4.69) is 15.3 Å². The average molecular weight is 337 g/mol. The third kappa shape index (κ3) is 3.15. The van der Waals surface area contributed by atoms with Crippen LogP contribution in [0.15, 0.2) is 51.3 Å². The highest BCUT2D eigenvalue weighted by atomic mass is 16.6. The molecule has 0 saturated heterocycles. The predicted molar refractivity (Wildman–Crippen MR) is 96.0 cm³/mol. The van der Waals surface area contributed by atoms with Crippen LogP contribution in [0.25, 0.3) is 22.2 Å². The van der Waals surface area contributed by atoms with Gasteiger partial charge in [-0.1, -0.05) is 18.2 Å². The van der Waals surface area contributed by atoms with Crippen LogP contribution >= 0.6 is 0 Å². The van der Waals surface area contributed by atoms with Crippen molar-refractivity contribution < 1.29 is 13.6 Å². The lowest BCUT2D eigenvalue weighted by Gasteiger charge is -2.23. The fraction of sp³-hybridized carbons (Fsp3) is 0.263. The second kappa shape index (κ2) is 5.81. The Morgan fingerprint density at radius 1 is 1.00 bits per heavy atom. The Morgan fingerprint density at radius 2 is 1.80 bits per heavy atom. The molecule has 2 aromatic carbocycles. The number of nitrogens with zero attached hydrogens (tertiary/aromatic N) is 2. The molecule has 4 rings (SSSR count). The lowest BCUT2D eigenvalue weighted by atomic mass is 9.98. The highest BCUT2D eigenvalue weighted by Crippen LogP contribution is 2.27. The zero-order chi connectivity index (χ0) is 17.4. The van der Waals surface area contributed by atoms with Gasteiger partial charge in [-0.25, -0.2) is 0 Å². The molecule has 0 unspecified atom stereocenters. The van der Waals surface area contributed by atoms with E-state index in [9.17, 15) is 0 Å². The minimum Gasteiger partial charge on any atom is -0.444 e. The van der Waals surface area contributed by atoms with Gasteiger partial charge in [0, 0.05) is 13.5 Å². The van der Waals surface area contributed by atoms with E-state index in [4.69, 9.17) is 13.6 Å². The van der Waals surface area contributed by atoms with Crippen LogP contribution in [0.1, 0.15) is 19.4 Å². The Balaban J connectivity index is 1.55. The standard InChI is InChI=1S/C19H19N3O3/c1-19(2,25-18-22-13-6-4-5-7-15(13)24-18)11-12-8-9-16-14(10-12)21-17(20-3)23-16/h4-10H,11H2,1-3H3,(H,20,21). The number of para-hydroxylation sites is 2. The molecule has 0 radical (unpaired) electrons. The van der Waals surface area contributed by atoms with Crippen LogP contribution in [0, 0.1) is 0 Å². The van der Waals surface area contributed by atoms with Gasteiger partial charge in [0.2, 0.25) is 0 Å². The Morgan fingerprint density at radius 3 is 2.60 bits per heavy atom. The maximum absolute atomic E-state index is 6.00. The van der Waals surface area contributed by atoms with Crippen molar-refractivity contribution in [1.82, 2.24) is 9.97 Å². The van der Waals surface area contributed by atoms with Gasteiger partial charge in [0.05, 0.1) is 0 Å². The number of oxazole rings is 2. The van der Waals surface area contributed by atoms with Gasteiger partial charge in [0.1, 0.15) is 16.6 Å². The smallest absolute Gasteiger partial charge is 0.395 e. The SMILES string of the molecule is CNc1nc2cc(CC(C)(C)Oc3nc4ccccc4o3)ccc2o1. The van der Waals surface area contributed by atoms with Gasteiger partial charge in [-0.3, -0.25) is 0 Å². The molecule has 2 heterocycles. The van der Waals surface area contributed by atoms with Crippen molar-refractivity contribution in [2.75, 3.05) is 12.4 Å². The second-order valence-electron chi connectivity index (χ2n) is 6.56. The maximum Gasteiger partial charge on any atom is 0.395 e. The fourth-order valence-corrected chi connectivity index (χ4v) is 2.85. The van der Waals surface area contributed by atoms with Gasteiger partial charge < -0.3 is 18.9 Å². The molecule has 0 atom stereocenters. The van der Waals surface area contributed by atoms with Crippen molar-refractivity contribution in [2.24, 2.45) is 0 Å². The molecule has 4 aromatic rings. The quantitative estimate of drug-likeness (QED) is 0.581. The second-order valence-corrected chi connectivity index (χ2v) is 6.56. The van der Waals surface area contributed by atoms with Gasteiger partial charge >= 0.3 is 6.08 Å². The molecule has 0 saturated carbocycles. The van der Waals surface area contributed by atoms with E-state index >= 15 is 0 Å². The lowest BCUT2D eigenvalue weighted by Crippen LogP contribution is -2.31. The van der Waals surface area contributed by atoms with E-state index in [1.165, 1.54) is 0 Å². The molecule has 128 valence electrons. The first kappa shape index (κ1) is 15.5. The number of anilines is 1. The summed E-state index contributed by atoms with van der Waals surface area (Å²) in [4.78, 5) is 8.76. The third-order valence-electron chi connectivity index (χ3n) is 3.93. The topological polar surface area (TPSA) is 73.3 Å². The molecule has 0 aliphatic rings. The van der Waals surface area contributed by atoms with Crippen molar-refractivity contribution in [3.05, 3.63) is 48.0 Å². The number of fused-ring (bicyclic) bond motifs is 2. The third-order valence-corrected chi connectivity index (χ3v) is 3.93. The van der Waals surface area contributed by atoms with Crippen LogP contribution in [0.3, 0.4) is 0 Å². The first-order valence-electron chi connectivity index (χ1n) is 8.14. The molecular weight excluding hydrogens is 318 g/mol. The molecule has 6 nitrogen and oxygen atoms in total. The molecule has 0 fully saturated rings. The minimum absolute atomic E-state index is 0.284. The van der Waals surface area contributed by atoms with Gasteiger partial charge in [-0.2, -0.15) is 9.97 Å². The number of aromatic nitrogens is 2. The van der Waals surface area contributed by atoms with Crippen LogP contribution in [0.5, 0.6) is 6.08 Å². The van der Waals surface area contributed by atoms with E-state index in [-0.39, 0.29) is 6.08 Å². The van der Waals surface area contributed by atoms with E-state index in [1.807, 2.05) is 56.3 Å². The summed E-state index contributed by atoms with van der Waals surface area (Å²) in [5.74, 6) is 0. The number of ether oxygens (including phenoxy) is 1. The normalized spacial score (nSPS) is 12.0. The Kier molecular flexibility index (Phi) is 3.60. The summed E-state index contributed by atoms with van der Waals surface area (Å²) in [5.41, 5.74) is 3.70. The molecule has 0 aliphatic carbocycles. The Labute approximate surface area is 144 Å². The maximum atomic E-state index is 6.00. The number of hydrogen-bond acceptors (Lipinski definition) is 6. The monoisotopic (exact) mass is 337 g/mol. The zero-order valence-electron chi connectivity index (χ0n) is 14.4. The molecule has 0 spiro atoms. The van der Waals surface area contributed by atoms with E-state index in [1.54, 1.807) is 7.05 Å². The van der Waals surface area contributed by atoms with Crippen molar-refractivity contribution in [1.29, 1.82) is 0 Å². The van der Waals surface area contributed by atoms with Crippen LogP contribution in [0.2, 0.25) is 0 Å². The Bertz CT molecular complexity index is 1000. The van der Waals surface area contributed by atoms with Crippen molar-refractivity contribution in [3.63, 3.8) is 0 Å². The highest BCUT2D eigenvalue weighted by molar-refractivity contribution is 5.75. The lowest BCUT2D eigenvalue weighted by molar-refractivity contribution is 0.0728. The van der Waals surface area contributed by atoms with Gasteiger partial charge in [0.15, 0.2) is 11.2 Å². The van der Waals surface area contributed by atoms with Crippen LogP contribution in [0.4, 0.5) is 6.01 Å². The summed E-state index contributed by atoms with van der Waals surface area (Å²) in [5, 5.41) is 2.91. The summed E-state index contributed by atoms with van der Waals surface area (Å²) in [6.07, 6.45) is 0.967. The van der Waals surface area contributed by atoms with Crippen LogP contribution in [-0.4, -0.2) is 22.6 Å². The predicted octanol–water partition coefficient (Wildman–Crippen LogP) is 4.41. The fourth-order valence-electron chi connectivity index (χ4n) is 2.85. The number of benzene rings is 2. The zero-order valence-corrected chi connectivity index (χ0v) is 14.4.